The highest BCUT2D eigenvalue weighted by atomic mass is 16.5. The molecule has 2 aliphatic heterocycles. The number of nitrogens with one attached hydrogen (secondary N) is 2. The van der Waals surface area contributed by atoms with Crippen molar-refractivity contribution in [3.8, 4) is 5.75 Å². The molecule has 2 aliphatic rings. The largest absolute Gasteiger partial charge is 0.497 e. The molecule has 2 heterocycles. The fraction of sp³-hybridized carbons (Fsp3) is 0.550. The molecule has 0 unspecified atom stereocenters. The van der Waals surface area contributed by atoms with Gasteiger partial charge in [0.05, 0.1) is 7.11 Å². The molecule has 28 heavy (non-hydrogen) atoms. The Hall–Kier alpha value is -2.61. The molecule has 0 aliphatic carbocycles. The number of carbonyl (C=O) groups is 3. The maximum atomic E-state index is 12.9. The number of anilines is 1. The predicted molar refractivity (Wildman–Crippen MR) is 105 cm³/mol. The van der Waals surface area contributed by atoms with Crippen LogP contribution in [-0.4, -0.2) is 66.5 Å². The first-order chi connectivity index (χ1) is 13.3. The maximum absolute atomic E-state index is 12.9. The summed E-state index contributed by atoms with van der Waals surface area (Å²) < 4.78 is 5.08. The van der Waals surface area contributed by atoms with Gasteiger partial charge < -0.3 is 20.3 Å². The number of methoxy groups -OCH3 is 1. The van der Waals surface area contributed by atoms with E-state index in [1.54, 1.807) is 31.4 Å². The van der Waals surface area contributed by atoms with Gasteiger partial charge in [0, 0.05) is 25.3 Å². The molecule has 2 saturated heterocycles. The third-order valence-corrected chi connectivity index (χ3v) is 5.25. The molecule has 4 amide bonds. The molecule has 2 N–H and O–H groups in total. The van der Waals surface area contributed by atoms with Crippen LogP contribution in [0.1, 0.15) is 26.7 Å². The van der Waals surface area contributed by atoms with Crippen LogP contribution < -0.4 is 15.4 Å². The number of rotatable bonds is 6. The van der Waals surface area contributed by atoms with Gasteiger partial charge in [-0.1, -0.05) is 13.8 Å². The lowest BCUT2D eigenvalue weighted by Gasteiger charge is -2.37. The average Bonchev–Trinajstić information content (AvgIpc) is 2.88. The number of ether oxygens (including phenoxy) is 1. The number of likely N-dealkylation sites (tertiary alicyclic amines) is 1. The van der Waals surface area contributed by atoms with Crippen LogP contribution in [0.2, 0.25) is 0 Å². The number of urea groups is 1. The molecule has 2 fully saturated rings. The molecule has 1 aromatic carbocycles. The minimum absolute atomic E-state index is 0.297. The van der Waals surface area contributed by atoms with Crippen molar-refractivity contribution < 1.29 is 19.1 Å². The van der Waals surface area contributed by atoms with Gasteiger partial charge in [-0.2, -0.15) is 0 Å². The zero-order valence-electron chi connectivity index (χ0n) is 16.7. The van der Waals surface area contributed by atoms with E-state index in [9.17, 15) is 14.4 Å². The number of imide groups is 1. The Morgan fingerprint density at radius 1 is 1.21 bits per heavy atom. The van der Waals surface area contributed by atoms with Crippen LogP contribution in [0.15, 0.2) is 24.3 Å². The van der Waals surface area contributed by atoms with Gasteiger partial charge in [0.25, 0.3) is 5.91 Å². The molecular formula is C20H28N4O4. The monoisotopic (exact) mass is 388 g/mol. The van der Waals surface area contributed by atoms with E-state index in [1.165, 1.54) is 0 Å². The normalized spacial score (nSPS) is 19.2. The first-order valence-electron chi connectivity index (χ1n) is 9.63. The minimum atomic E-state index is -0.870. The van der Waals surface area contributed by atoms with Crippen LogP contribution in [-0.2, 0) is 9.59 Å². The second-order valence-electron chi connectivity index (χ2n) is 7.87. The van der Waals surface area contributed by atoms with Crippen molar-refractivity contribution in [2.45, 2.75) is 32.2 Å². The van der Waals surface area contributed by atoms with Gasteiger partial charge in [-0.3, -0.25) is 14.5 Å². The van der Waals surface area contributed by atoms with Crippen molar-refractivity contribution in [1.29, 1.82) is 0 Å². The second-order valence-corrected chi connectivity index (χ2v) is 7.87. The molecule has 0 radical (unpaired) electrons. The van der Waals surface area contributed by atoms with Gasteiger partial charge in [-0.15, -0.1) is 0 Å². The molecule has 1 aromatic rings. The summed E-state index contributed by atoms with van der Waals surface area (Å²) in [6.07, 6.45) is 1.14. The van der Waals surface area contributed by atoms with Crippen LogP contribution in [0.3, 0.4) is 0 Å². The highest BCUT2D eigenvalue weighted by Gasteiger charge is 2.52. The van der Waals surface area contributed by atoms with Crippen molar-refractivity contribution in [3.05, 3.63) is 24.3 Å². The molecular weight excluding hydrogens is 360 g/mol. The van der Waals surface area contributed by atoms with Crippen LogP contribution in [0.4, 0.5) is 10.5 Å². The number of piperidine rings is 1. The highest BCUT2D eigenvalue weighted by molar-refractivity contribution is 6.10. The molecule has 8 heteroatoms. The zero-order valence-corrected chi connectivity index (χ0v) is 16.7. The minimum Gasteiger partial charge on any atom is -0.497 e. The summed E-state index contributed by atoms with van der Waals surface area (Å²) in [6.45, 7) is 6.53. The van der Waals surface area contributed by atoms with Crippen LogP contribution in [0.5, 0.6) is 5.75 Å². The summed E-state index contributed by atoms with van der Waals surface area (Å²) in [5.41, 5.74) is -0.292. The van der Waals surface area contributed by atoms with Crippen LogP contribution >= 0.6 is 0 Å². The van der Waals surface area contributed by atoms with Crippen molar-refractivity contribution in [3.63, 3.8) is 0 Å². The van der Waals surface area contributed by atoms with E-state index < -0.39 is 17.5 Å². The van der Waals surface area contributed by atoms with Gasteiger partial charge >= 0.3 is 6.03 Å². The van der Waals surface area contributed by atoms with Gasteiger partial charge in [0.2, 0.25) is 5.91 Å². The van der Waals surface area contributed by atoms with Gasteiger partial charge in [-0.25, -0.2) is 4.79 Å². The summed E-state index contributed by atoms with van der Waals surface area (Å²) >= 11 is 0. The molecule has 0 aromatic heterocycles. The first kappa shape index (κ1) is 20.1. The Morgan fingerprint density at radius 3 is 2.43 bits per heavy atom. The number of hydrogen-bond acceptors (Lipinski definition) is 5. The number of hydrogen-bond donors (Lipinski definition) is 2. The molecule has 0 saturated carbocycles. The number of amides is 4. The summed E-state index contributed by atoms with van der Waals surface area (Å²) in [5, 5.41) is 5.55. The Bertz CT molecular complexity index is 739. The number of benzene rings is 1. The van der Waals surface area contributed by atoms with Crippen molar-refractivity contribution >= 4 is 23.5 Å². The van der Waals surface area contributed by atoms with Crippen molar-refractivity contribution in [2.75, 3.05) is 38.6 Å². The Labute approximate surface area is 165 Å². The van der Waals surface area contributed by atoms with E-state index in [4.69, 9.17) is 4.74 Å². The van der Waals surface area contributed by atoms with Crippen molar-refractivity contribution in [1.82, 2.24) is 15.1 Å². The summed E-state index contributed by atoms with van der Waals surface area (Å²) in [7, 11) is 1.56. The molecule has 1 spiro atoms. The topological polar surface area (TPSA) is 91.0 Å². The van der Waals surface area contributed by atoms with E-state index in [1.807, 2.05) is 0 Å². The van der Waals surface area contributed by atoms with Gasteiger partial charge in [0.15, 0.2) is 0 Å². The lowest BCUT2D eigenvalue weighted by molar-refractivity contribution is -0.135. The first-order valence-corrected chi connectivity index (χ1v) is 9.63. The Balaban J connectivity index is 1.58. The van der Waals surface area contributed by atoms with Gasteiger partial charge in [0.1, 0.15) is 17.8 Å². The van der Waals surface area contributed by atoms with Crippen LogP contribution in [0, 0.1) is 5.92 Å². The third kappa shape index (κ3) is 4.27. The number of carbonyl (C=O) groups excluding carboxylic acids is 3. The summed E-state index contributed by atoms with van der Waals surface area (Å²) in [6, 6.07) is 6.36. The van der Waals surface area contributed by atoms with Crippen LogP contribution in [0.25, 0.3) is 0 Å². The predicted octanol–water partition coefficient (Wildman–Crippen LogP) is 1.68. The van der Waals surface area contributed by atoms with E-state index in [0.717, 1.165) is 24.5 Å². The SMILES string of the molecule is COc1ccc(NC(=O)CN2C(=O)NC3(CCN(CC(C)C)CC3)C2=O)cc1. The molecule has 0 atom stereocenters. The molecule has 0 bridgehead atoms. The van der Waals surface area contributed by atoms with Gasteiger partial charge in [-0.05, 0) is 43.0 Å². The average molecular weight is 388 g/mol. The van der Waals surface area contributed by atoms with Crippen molar-refractivity contribution in [2.24, 2.45) is 5.92 Å². The smallest absolute Gasteiger partial charge is 0.325 e. The summed E-state index contributed by atoms with van der Waals surface area (Å²) in [5.74, 6) is 0.522. The Kier molecular flexibility index (Phi) is 5.88. The highest BCUT2D eigenvalue weighted by Crippen LogP contribution is 2.29. The fourth-order valence-corrected chi connectivity index (χ4v) is 3.81. The molecule has 3 rings (SSSR count). The standard InChI is InChI=1S/C20H28N4O4/c1-14(2)12-23-10-8-20(9-11-23)18(26)24(19(27)22-20)13-17(25)21-15-4-6-16(28-3)7-5-15/h4-7,14H,8-13H2,1-3H3,(H,21,25)(H,22,27). The van der Waals surface area contributed by atoms with E-state index >= 15 is 0 Å². The molecule has 152 valence electrons. The maximum Gasteiger partial charge on any atom is 0.325 e. The second kappa shape index (κ2) is 8.18. The quantitative estimate of drug-likeness (QED) is 0.724. The lowest BCUT2D eigenvalue weighted by Crippen LogP contribution is -2.55. The Morgan fingerprint density at radius 2 is 1.86 bits per heavy atom. The van der Waals surface area contributed by atoms with E-state index in [2.05, 4.69) is 29.4 Å². The summed E-state index contributed by atoms with van der Waals surface area (Å²) in [4.78, 5) is 41.0. The van der Waals surface area contributed by atoms with E-state index in [0.29, 0.717) is 30.2 Å². The fourth-order valence-electron chi connectivity index (χ4n) is 3.81. The lowest BCUT2D eigenvalue weighted by atomic mass is 9.87. The third-order valence-electron chi connectivity index (χ3n) is 5.25. The number of nitrogens with zero attached hydrogens (tertiary/aromatic N) is 2. The molecule has 8 nitrogen and oxygen atoms in total. The zero-order chi connectivity index (χ0) is 20.3. The van der Waals surface area contributed by atoms with E-state index in [-0.39, 0.29) is 12.5 Å².